The third-order valence-electron chi connectivity index (χ3n) is 15.2. The maximum absolute atomic E-state index is 5.62. The number of hydrogen-bond acceptors (Lipinski definition) is 10. The third kappa shape index (κ3) is 14.2. The van der Waals surface area contributed by atoms with Crippen molar-refractivity contribution in [3.63, 3.8) is 0 Å². The Labute approximate surface area is 406 Å². The summed E-state index contributed by atoms with van der Waals surface area (Å²) in [5, 5.41) is 0. The van der Waals surface area contributed by atoms with Gasteiger partial charge in [0.2, 0.25) is 0 Å². The van der Waals surface area contributed by atoms with Gasteiger partial charge in [0.25, 0.3) is 0 Å². The highest BCUT2D eigenvalue weighted by atomic mass is 16.5. The predicted octanol–water partition coefficient (Wildman–Crippen LogP) is 8.84. The number of nitrogens with zero attached hydrogens (tertiary/aromatic N) is 6. The fourth-order valence-corrected chi connectivity index (χ4v) is 11.0. The minimum atomic E-state index is 0.859. The van der Waals surface area contributed by atoms with Gasteiger partial charge in [0.15, 0.2) is 0 Å². The quantitative estimate of drug-likeness (QED) is 0.0584. The van der Waals surface area contributed by atoms with Crippen molar-refractivity contribution in [2.45, 2.75) is 103 Å². The third-order valence-corrected chi connectivity index (χ3v) is 15.2. The van der Waals surface area contributed by atoms with E-state index >= 15 is 0 Å². The largest absolute Gasteiger partial charge is 0.379 e. The second-order valence-corrected chi connectivity index (χ2v) is 20.0. The zero-order valence-corrected chi connectivity index (χ0v) is 41.4. The van der Waals surface area contributed by atoms with Crippen molar-refractivity contribution in [2.24, 2.45) is 0 Å². The van der Waals surface area contributed by atoms with Gasteiger partial charge < -0.3 is 28.9 Å². The maximum atomic E-state index is 5.62. The van der Waals surface area contributed by atoms with E-state index in [1.54, 1.807) is 0 Å². The Morgan fingerprint density at radius 2 is 0.588 bits per heavy atom. The number of aromatic amines is 2. The predicted molar refractivity (Wildman–Crippen MR) is 278 cm³/mol. The molecule has 3 aromatic heterocycles. The van der Waals surface area contributed by atoms with Gasteiger partial charge in [0.1, 0.15) is 0 Å². The molecule has 0 atom stereocenters. The average molecular weight is 931 g/mol. The van der Waals surface area contributed by atoms with E-state index in [1.807, 2.05) is 0 Å². The van der Waals surface area contributed by atoms with Gasteiger partial charge in [-0.15, -0.1) is 0 Å². The van der Waals surface area contributed by atoms with Crippen molar-refractivity contribution in [1.29, 1.82) is 0 Å². The second-order valence-electron chi connectivity index (χ2n) is 20.0. The number of rotatable bonds is 24. The Morgan fingerprint density at radius 3 is 0.912 bits per heavy atom. The normalized spacial score (nSPS) is 18.8. The molecule has 8 bridgehead atoms. The number of ether oxygens (including phenoxy) is 4. The first-order valence-electron chi connectivity index (χ1n) is 27.1. The minimum Gasteiger partial charge on any atom is -0.379 e. The van der Waals surface area contributed by atoms with Gasteiger partial charge in [0, 0.05) is 91.1 Å². The summed E-state index contributed by atoms with van der Waals surface area (Å²) in [5.41, 5.74) is 14.5. The standard InChI is InChI=1S/C56H82N8O4/c1(9-25-61-29-37-65-38-30-61)5-13-45-49-17-19-51(57-49)46(14-6-2-10-26-62-31-39-66-40-32-62)53-21-23-55(59-53)48(16-8-4-12-28-64-35-43-68-44-36-64)56-24-22-54(60-56)47(52-20-18-50(45)58-52)15-7-3-11-27-63-33-41-67-42-34-63/h17-24,57-58H,1-16,25-44H2. The molecule has 0 spiro atoms. The average Bonchev–Trinajstić information content (AvgIpc) is 4.24. The van der Waals surface area contributed by atoms with Gasteiger partial charge in [0.05, 0.1) is 75.6 Å². The zero-order valence-electron chi connectivity index (χ0n) is 41.4. The first kappa shape index (κ1) is 49.3. The molecule has 370 valence electrons. The van der Waals surface area contributed by atoms with E-state index in [0.717, 1.165) is 206 Å². The van der Waals surface area contributed by atoms with Crippen LogP contribution in [0.5, 0.6) is 0 Å². The fraction of sp³-hybridized carbons (Fsp3) is 0.643. The molecule has 0 radical (unpaired) electrons. The molecule has 0 aromatic carbocycles. The van der Waals surface area contributed by atoms with E-state index in [2.05, 4.69) is 78.1 Å². The molecule has 9 heterocycles. The number of aryl methyl sites for hydroxylation is 3. The number of aromatic nitrogens is 4. The Hall–Kier alpha value is -3.72. The van der Waals surface area contributed by atoms with E-state index in [-0.39, 0.29) is 0 Å². The summed E-state index contributed by atoms with van der Waals surface area (Å²) in [6.07, 6.45) is 27.3. The SMILES string of the molecule is C1=Cc2nc1c(CCCCCN1CCOCC1)c1nc(c(CCCCCN3CCOCC3)c3ccc([nH]3)c(CCCCCN3CCOCC3)c3ccc([nH]3)c2CCCCCN2CCOCC2)C=C1. The summed E-state index contributed by atoms with van der Waals surface area (Å²) in [4.78, 5) is 29.4. The number of unbranched alkanes of at least 4 members (excludes halogenated alkanes) is 8. The fourth-order valence-electron chi connectivity index (χ4n) is 11.0. The van der Waals surface area contributed by atoms with Gasteiger partial charge >= 0.3 is 0 Å². The first-order chi connectivity index (χ1) is 33.7. The van der Waals surface area contributed by atoms with Gasteiger partial charge in [-0.25, -0.2) is 9.97 Å². The number of hydrogen-bond donors (Lipinski definition) is 2. The van der Waals surface area contributed by atoms with Crippen molar-refractivity contribution in [3.05, 3.63) is 69.3 Å². The molecule has 0 unspecified atom stereocenters. The molecule has 12 heteroatoms. The van der Waals surface area contributed by atoms with Crippen molar-refractivity contribution in [2.75, 3.05) is 131 Å². The van der Waals surface area contributed by atoms with Crippen LogP contribution in [0.3, 0.4) is 0 Å². The summed E-state index contributed by atoms with van der Waals surface area (Å²) in [6.45, 7) is 19.9. The van der Waals surface area contributed by atoms with Crippen LogP contribution < -0.4 is 0 Å². The van der Waals surface area contributed by atoms with Crippen molar-refractivity contribution in [3.8, 4) is 0 Å². The second kappa shape index (κ2) is 26.5. The lowest BCUT2D eigenvalue weighted by Gasteiger charge is -2.26. The summed E-state index contributed by atoms with van der Waals surface area (Å²) >= 11 is 0. The molecule has 6 aliphatic rings. The number of morpholine rings is 4. The molecule has 4 saturated heterocycles. The Morgan fingerprint density at radius 1 is 0.324 bits per heavy atom. The minimum absolute atomic E-state index is 0.859. The molecule has 4 fully saturated rings. The van der Waals surface area contributed by atoms with E-state index in [0.29, 0.717) is 0 Å². The monoisotopic (exact) mass is 931 g/mol. The molecular weight excluding hydrogens is 849 g/mol. The van der Waals surface area contributed by atoms with E-state index in [9.17, 15) is 0 Å². The molecule has 0 saturated carbocycles. The Bertz CT molecular complexity index is 2120. The van der Waals surface area contributed by atoms with Crippen LogP contribution in [-0.4, -0.2) is 171 Å². The van der Waals surface area contributed by atoms with Gasteiger partial charge in [-0.1, -0.05) is 25.7 Å². The highest BCUT2D eigenvalue weighted by Crippen LogP contribution is 2.30. The molecule has 9 rings (SSSR count). The zero-order chi connectivity index (χ0) is 46.0. The van der Waals surface area contributed by atoms with Gasteiger partial charge in [-0.3, -0.25) is 19.6 Å². The van der Waals surface area contributed by atoms with Crippen LogP contribution in [0.25, 0.3) is 46.4 Å². The van der Waals surface area contributed by atoms with Crippen LogP contribution in [-0.2, 0) is 44.6 Å². The molecule has 6 aliphatic heterocycles. The van der Waals surface area contributed by atoms with Gasteiger partial charge in [-0.05, 0) is 157 Å². The van der Waals surface area contributed by atoms with E-state index in [1.165, 1.54) is 95.7 Å². The molecule has 0 amide bonds. The van der Waals surface area contributed by atoms with Crippen LogP contribution in [0.15, 0.2) is 24.3 Å². The van der Waals surface area contributed by atoms with Crippen LogP contribution in [0.1, 0.15) is 122 Å². The molecular formula is C56H82N8O4. The van der Waals surface area contributed by atoms with E-state index < -0.39 is 0 Å². The van der Waals surface area contributed by atoms with Gasteiger partial charge in [-0.2, -0.15) is 0 Å². The summed E-state index contributed by atoms with van der Waals surface area (Å²) in [5.74, 6) is 0. The molecule has 12 nitrogen and oxygen atoms in total. The van der Waals surface area contributed by atoms with E-state index in [4.69, 9.17) is 28.9 Å². The Kier molecular flexibility index (Phi) is 19.2. The summed E-state index contributed by atoms with van der Waals surface area (Å²) < 4.78 is 22.5. The highest BCUT2D eigenvalue weighted by molar-refractivity contribution is 5.83. The summed E-state index contributed by atoms with van der Waals surface area (Å²) in [7, 11) is 0. The van der Waals surface area contributed by atoms with Crippen LogP contribution in [0.4, 0.5) is 0 Å². The summed E-state index contributed by atoms with van der Waals surface area (Å²) in [6, 6.07) is 9.37. The lowest BCUT2D eigenvalue weighted by Crippen LogP contribution is -2.36. The number of fused-ring (bicyclic) bond motifs is 8. The number of nitrogens with one attached hydrogen (secondary N) is 2. The number of H-pyrrole nitrogens is 2. The topological polar surface area (TPSA) is 107 Å². The molecule has 2 N–H and O–H groups in total. The smallest absolute Gasteiger partial charge is 0.0691 e. The lowest BCUT2D eigenvalue weighted by molar-refractivity contribution is 0.0371. The van der Waals surface area contributed by atoms with Crippen molar-refractivity contribution in [1.82, 2.24) is 39.5 Å². The Balaban J connectivity index is 1.04. The first-order valence-corrected chi connectivity index (χ1v) is 27.1. The van der Waals surface area contributed by atoms with Crippen molar-refractivity contribution >= 4 is 46.4 Å². The molecule has 3 aromatic rings. The maximum Gasteiger partial charge on any atom is 0.0691 e. The molecule has 0 aliphatic carbocycles. The van der Waals surface area contributed by atoms with Crippen molar-refractivity contribution < 1.29 is 18.9 Å². The lowest BCUT2D eigenvalue weighted by atomic mass is 10.0. The highest BCUT2D eigenvalue weighted by Gasteiger charge is 2.19. The molecule has 68 heavy (non-hydrogen) atoms. The van der Waals surface area contributed by atoms with Crippen LogP contribution in [0, 0.1) is 0 Å². The van der Waals surface area contributed by atoms with Crippen LogP contribution >= 0.6 is 0 Å². The van der Waals surface area contributed by atoms with Crippen LogP contribution in [0.2, 0.25) is 0 Å².